The summed E-state index contributed by atoms with van der Waals surface area (Å²) in [5, 5.41) is 0. The van der Waals surface area contributed by atoms with Gasteiger partial charge in [-0.1, -0.05) is 13.8 Å². The molecule has 0 saturated carbocycles. The lowest BCUT2D eigenvalue weighted by atomic mass is 10.0. The maximum Gasteiger partial charge on any atom is 0.406 e. The van der Waals surface area contributed by atoms with E-state index in [2.05, 4.69) is 0 Å². The standard InChI is InChI=1S/C8H15F3N2O/c1-5(2)6(12)7(14)13(3)4-8(9,10)11/h5-6H,4,12H2,1-3H3. The number of hydrogen-bond acceptors (Lipinski definition) is 2. The molecule has 3 nitrogen and oxygen atoms in total. The van der Waals surface area contributed by atoms with E-state index in [-0.39, 0.29) is 5.92 Å². The molecule has 2 N–H and O–H groups in total. The van der Waals surface area contributed by atoms with Crippen molar-refractivity contribution in [1.82, 2.24) is 4.90 Å². The number of alkyl halides is 3. The molecule has 84 valence electrons. The van der Waals surface area contributed by atoms with Gasteiger partial charge in [-0.15, -0.1) is 0 Å². The minimum absolute atomic E-state index is 0.168. The largest absolute Gasteiger partial charge is 0.406 e. The number of hydrogen-bond donors (Lipinski definition) is 1. The number of likely N-dealkylation sites (N-methyl/N-ethyl adjacent to an activating group) is 1. The van der Waals surface area contributed by atoms with E-state index in [4.69, 9.17) is 5.73 Å². The Morgan fingerprint density at radius 3 is 2.14 bits per heavy atom. The second-order valence-electron chi connectivity index (χ2n) is 3.58. The first-order valence-electron chi connectivity index (χ1n) is 4.22. The highest BCUT2D eigenvalue weighted by Gasteiger charge is 2.33. The average Bonchev–Trinajstić information content (AvgIpc) is 1.98. The summed E-state index contributed by atoms with van der Waals surface area (Å²) < 4.78 is 35.7. The molecule has 0 aromatic rings. The smallest absolute Gasteiger partial charge is 0.335 e. The molecule has 0 aliphatic heterocycles. The third-order valence-electron chi connectivity index (χ3n) is 1.80. The number of amides is 1. The predicted octanol–water partition coefficient (Wildman–Crippen LogP) is 0.990. The van der Waals surface area contributed by atoms with Gasteiger partial charge in [-0.3, -0.25) is 4.79 Å². The summed E-state index contributed by atoms with van der Waals surface area (Å²) in [6, 6.07) is -0.873. The van der Waals surface area contributed by atoms with Crippen molar-refractivity contribution in [3.05, 3.63) is 0 Å². The van der Waals surface area contributed by atoms with Crippen LogP contribution in [0.5, 0.6) is 0 Å². The lowest BCUT2D eigenvalue weighted by Crippen LogP contribution is -2.47. The molecule has 0 aliphatic carbocycles. The van der Waals surface area contributed by atoms with E-state index in [0.29, 0.717) is 4.90 Å². The van der Waals surface area contributed by atoms with Crippen molar-refractivity contribution < 1.29 is 18.0 Å². The molecule has 1 atom stereocenters. The fourth-order valence-corrected chi connectivity index (χ4v) is 0.886. The lowest BCUT2D eigenvalue weighted by Gasteiger charge is -2.24. The zero-order chi connectivity index (χ0) is 11.5. The van der Waals surface area contributed by atoms with Gasteiger partial charge in [-0.2, -0.15) is 13.2 Å². The van der Waals surface area contributed by atoms with Crippen LogP contribution in [0, 0.1) is 5.92 Å². The summed E-state index contributed by atoms with van der Waals surface area (Å²) in [6.45, 7) is 2.11. The van der Waals surface area contributed by atoms with Gasteiger partial charge >= 0.3 is 6.18 Å². The van der Waals surface area contributed by atoms with Crippen LogP contribution in [0.3, 0.4) is 0 Å². The Morgan fingerprint density at radius 1 is 1.43 bits per heavy atom. The Labute approximate surface area is 81.1 Å². The summed E-state index contributed by atoms with van der Waals surface area (Å²) in [4.78, 5) is 11.9. The first kappa shape index (κ1) is 13.2. The topological polar surface area (TPSA) is 46.3 Å². The summed E-state index contributed by atoms with van der Waals surface area (Å²) in [5.74, 6) is -0.851. The Bertz CT molecular complexity index is 203. The van der Waals surface area contributed by atoms with Gasteiger partial charge in [-0.05, 0) is 5.92 Å². The van der Waals surface area contributed by atoms with Crippen LogP contribution in [-0.4, -0.2) is 36.6 Å². The van der Waals surface area contributed by atoms with Crippen molar-refractivity contribution in [3.8, 4) is 0 Å². The zero-order valence-electron chi connectivity index (χ0n) is 8.43. The van der Waals surface area contributed by atoms with Gasteiger partial charge < -0.3 is 10.6 Å². The van der Waals surface area contributed by atoms with E-state index in [0.717, 1.165) is 7.05 Å². The molecule has 1 amide bonds. The van der Waals surface area contributed by atoms with Crippen LogP contribution in [0.2, 0.25) is 0 Å². The Kier molecular flexibility index (Phi) is 4.38. The van der Waals surface area contributed by atoms with Crippen molar-refractivity contribution in [2.45, 2.75) is 26.1 Å². The summed E-state index contributed by atoms with van der Waals surface area (Å²) in [7, 11) is 1.10. The van der Waals surface area contributed by atoms with Crippen LogP contribution in [0.4, 0.5) is 13.2 Å². The van der Waals surface area contributed by atoms with E-state index in [9.17, 15) is 18.0 Å². The van der Waals surface area contributed by atoms with Crippen molar-refractivity contribution in [1.29, 1.82) is 0 Å². The molecular weight excluding hydrogens is 197 g/mol. The molecule has 0 heterocycles. The molecule has 6 heteroatoms. The molecule has 14 heavy (non-hydrogen) atoms. The Balaban J connectivity index is 4.26. The Hall–Kier alpha value is -0.780. The van der Waals surface area contributed by atoms with Gasteiger partial charge in [0.1, 0.15) is 6.54 Å². The fraction of sp³-hybridized carbons (Fsp3) is 0.875. The van der Waals surface area contributed by atoms with Crippen LogP contribution >= 0.6 is 0 Å². The molecule has 0 rings (SSSR count). The molecule has 0 radical (unpaired) electrons. The number of carbonyl (C=O) groups is 1. The quantitative estimate of drug-likeness (QED) is 0.758. The highest BCUT2D eigenvalue weighted by Crippen LogP contribution is 2.16. The summed E-state index contributed by atoms with van der Waals surface area (Å²) >= 11 is 0. The molecular formula is C8H15F3N2O. The van der Waals surface area contributed by atoms with Crippen LogP contribution in [0.25, 0.3) is 0 Å². The van der Waals surface area contributed by atoms with E-state index in [1.54, 1.807) is 13.8 Å². The maximum atomic E-state index is 11.9. The number of nitrogens with two attached hydrogens (primary N) is 1. The molecule has 0 bridgehead atoms. The number of carbonyl (C=O) groups excluding carboxylic acids is 1. The molecule has 0 saturated heterocycles. The summed E-state index contributed by atoms with van der Waals surface area (Å²) in [6.07, 6.45) is -4.37. The average molecular weight is 212 g/mol. The molecule has 1 unspecified atom stereocenters. The normalized spacial score (nSPS) is 14.3. The van der Waals surface area contributed by atoms with Crippen LogP contribution in [0.1, 0.15) is 13.8 Å². The van der Waals surface area contributed by atoms with Crippen molar-refractivity contribution in [2.75, 3.05) is 13.6 Å². The van der Waals surface area contributed by atoms with Crippen molar-refractivity contribution in [3.63, 3.8) is 0 Å². The van der Waals surface area contributed by atoms with Gasteiger partial charge in [-0.25, -0.2) is 0 Å². The highest BCUT2D eigenvalue weighted by molar-refractivity contribution is 5.81. The lowest BCUT2D eigenvalue weighted by molar-refractivity contribution is -0.159. The molecule has 0 aromatic carbocycles. The third-order valence-corrected chi connectivity index (χ3v) is 1.80. The Morgan fingerprint density at radius 2 is 1.86 bits per heavy atom. The van der Waals surface area contributed by atoms with Gasteiger partial charge in [0, 0.05) is 7.05 Å². The predicted molar refractivity (Wildman–Crippen MR) is 46.5 cm³/mol. The minimum Gasteiger partial charge on any atom is -0.335 e. The van der Waals surface area contributed by atoms with Crippen LogP contribution in [0.15, 0.2) is 0 Å². The second kappa shape index (κ2) is 4.63. The second-order valence-corrected chi connectivity index (χ2v) is 3.58. The number of nitrogens with zero attached hydrogens (tertiary/aromatic N) is 1. The van der Waals surface area contributed by atoms with Gasteiger partial charge in [0.2, 0.25) is 5.91 Å². The van der Waals surface area contributed by atoms with E-state index < -0.39 is 24.7 Å². The highest BCUT2D eigenvalue weighted by atomic mass is 19.4. The first-order chi connectivity index (χ1) is 6.15. The number of halogens is 3. The number of rotatable bonds is 3. The van der Waals surface area contributed by atoms with Crippen molar-refractivity contribution >= 4 is 5.91 Å². The van der Waals surface area contributed by atoms with E-state index in [1.807, 2.05) is 0 Å². The SMILES string of the molecule is CC(C)C(N)C(=O)N(C)CC(F)(F)F. The van der Waals surface area contributed by atoms with Crippen molar-refractivity contribution in [2.24, 2.45) is 11.7 Å². The van der Waals surface area contributed by atoms with E-state index in [1.165, 1.54) is 0 Å². The summed E-state index contributed by atoms with van der Waals surface area (Å²) in [5.41, 5.74) is 5.42. The van der Waals surface area contributed by atoms with Gasteiger partial charge in [0.15, 0.2) is 0 Å². The van der Waals surface area contributed by atoms with E-state index >= 15 is 0 Å². The molecule has 0 fully saturated rings. The molecule has 0 aliphatic rings. The van der Waals surface area contributed by atoms with Gasteiger partial charge in [0.05, 0.1) is 6.04 Å². The van der Waals surface area contributed by atoms with Crippen LogP contribution in [-0.2, 0) is 4.79 Å². The first-order valence-corrected chi connectivity index (χ1v) is 4.22. The minimum atomic E-state index is -4.37. The van der Waals surface area contributed by atoms with Gasteiger partial charge in [0.25, 0.3) is 0 Å². The monoisotopic (exact) mass is 212 g/mol. The molecule has 0 spiro atoms. The zero-order valence-corrected chi connectivity index (χ0v) is 8.43. The maximum absolute atomic E-state index is 11.9. The van der Waals surface area contributed by atoms with Crippen LogP contribution < -0.4 is 5.73 Å². The molecule has 0 aromatic heterocycles. The third kappa shape index (κ3) is 4.45. The fourth-order valence-electron chi connectivity index (χ4n) is 0.886.